The fourth-order valence-corrected chi connectivity index (χ4v) is 2.51. The second-order valence-corrected chi connectivity index (χ2v) is 5.84. The van der Waals surface area contributed by atoms with Gasteiger partial charge in [0.05, 0.1) is 6.20 Å². The van der Waals surface area contributed by atoms with Gasteiger partial charge >= 0.3 is 12.0 Å². The fourth-order valence-electron chi connectivity index (χ4n) is 2.51. The van der Waals surface area contributed by atoms with Gasteiger partial charge in [0.25, 0.3) is 5.89 Å². The maximum Gasteiger partial charge on any atom is 0.458 e. The Hall–Kier alpha value is -3.22. The zero-order chi connectivity index (χ0) is 19.4. The molecule has 1 heterocycles. The Morgan fingerprint density at radius 1 is 0.926 bits per heavy atom. The summed E-state index contributed by atoms with van der Waals surface area (Å²) in [6.45, 7) is 0. The molecule has 138 valence electrons. The first-order valence-electron chi connectivity index (χ1n) is 8.09. The number of rotatable bonds is 6. The van der Waals surface area contributed by atoms with Crippen LogP contribution in [0.2, 0.25) is 0 Å². The summed E-state index contributed by atoms with van der Waals surface area (Å²) < 4.78 is 41.7. The first-order valence-corrected chi connectivity index (χ1v) is 8.09. The van der Waals surface area contributed by atoms with Gasteiger partial charge < -0.3 is 4.42 Å². The van der Waals surface area contributed by atoms with Crippen LogP contribution in [-0.2, 0) is 6.42 Å². The average Bonchev–Trinajstić information content (AvgIpc) is 3.16. The Labute approximate surface area is 152 Å². The number of hydrogen-bond donors (Lipinski definition) is 0. The smallest absolute Gasteiger partial charge is 0.430 e. The zero-order valence-electron chi connectivity index (χ0n) is 14.0. The molecule has 3 rings (SSSR count). The molecule has 0 aliphatic carbocycles. The van der Waals surface area contributed by atoms with Gasteiger partial charge in [-0.1, -0.05) is 54.6 Å². The third-order valence-electron chi connectivity index (χ3n) is 3.93. The average molecular weight is 373 g/mol. The minimum absolute atomic E-state index is 0.00481. The molecule has 0 radical (unpaired) electrons. The molecule has 1 aromatic heterocycles. The normalized spacial score (nSPS) is 11.4. The van der Waals surface area contributed by atoms with Crippen LogP contribution in [-0.4, -0.2) is 22.7 Å². The summed E-state index contributed by atoms with van der Waals surface area (Å²) in [5, 5.41) is 0. The number of halogens is 3. The van der Waals surface area contributed by atoms with Gasteiger partial charge in [-0.15, -0.1) is 0 Å². The summed E-state index contributed by atoms with van der Waals surface area (Å²) in [5.74, 6) is -4.21. The second-order valence-electron chi connectivity index (χ2n) is 5.84. The van der Waals surface area contributed by atoms with E-state index in [2.05, 4.69) is 9.40 Å². The Morgan fingerprint density at radius 2 is 1.56 bits per heavy atom. The van der Waals surface area contributed by atoms with Crippen molar-refractivity contribution in [1.29, 1.82) is 0 Å². The molecule has 0 saturated carbocycles. The number of benzene rings is 2. The number of ketones is 2. The van der Waals surface area contributed by atoms with Crippen molar-refractivity contribution in [2.24, 2.45) is 0 Å². The predicted octanol–water partition coefficient (Wildman–Crippen LogP) is 4.90. The third kappa shape index (κ3) is 4.49. The number of carbonyl (C=O) groups excluding carboxylic acids is 2. The first-order chi connectivity index (χ1) is 12.8. The van der Waals surface area contributed by atoms with Crippen molar-refractivity contribution in [2.45, 2.75) is 19.0 Å². The lowest BCUT2D eigenvalue weighted by atomic mass is 10.0. The molecule has 2 aromatic carbocycles. The number of alkyl halides is 3. The highest BCUT2D eigenvalue weighted by Gasteiger charge is 2.42. The Balaban J connectivity index is 1.61. The molecule has 0 amide bonds. The van der Waals surface area contributed by atoms with Crippen LogP contribution in [0.1, 0.15) is 33.2 Å². The topological polar surface area (TPSA) is 60.2 Å². The molecule has 7 heteroatoms. The minimum Gasteiger partial charge on any atom is -0.430 e. The quantitative estimate of drug-likeness (QED) is 0.577. The van der Waals surface area contributed by atoms with Crippen molar-refractivity contribution in [3.05, 3.63) is 78.0 Å². The molecule has 0 unspecified atom stereocenters. The number of aromatic nitrogens is 1. The molecule has 0 saturated heterocycles. The van der Waals surface area contributed by atoms with Gasteiger partial charge in [0, 0.05) is 6.42 Å². The largest absolute Gasteiger partial charge is 0.458 e. The van der Waals surface area contributed by atoms with Crippen LogP contribution in [0.4, 0.5) is 13.2 Å². The number of aryl methyl sites for hydroxylation is 1. The number of oxazole rings is 1. The molecule has 0 atom stereocenters. The van der Waals surface area contributed by atoms with Crippen molar-refractivity contribution in [1.82, 2.24) is 4.98 Å². The van der Waals surface area contributed by atoms with Crippen molar-refractivity contribution >= 4 is 11.6 Å². The number of Topliss-reactive ketones (excluding diaryl/α,β-unsaturated/α-hetero) is 2. The molecule has 27 heavy (non-hydrogen) atoms. The highest BCUT2D eigenvalue weighted by Crippen LogP contribution is 2.23. The highest BCUT2D eigenvalue weighted by molar-refractivity contribution is 5.99. The third-order valence-corrected chi connectivity index (χ3v) is 3.93. The van der Waals surface area contributed by atoms with E-state index in [4.69, 9.17) is 0 Å². The highest BCUT2D eigenvalue weighted by atomic mass is 19.4. The maximum atomic E-state index is 12.3. The first kappa shape index (κ1) is 18.6. The Morgan fingerprint density at radius 3 is 2.19 bits per heavy atom. The molecule has 0 bridgehead atoms. The fraction of sp³-hybridized carbons (Fsp3) is 0.150. The molecule has 0 fully saturated rings. The van der Waals surface area contributed by atoms with Gasteiger partial charge in [-0.2, -0.15) is 13.2 Å². The molecule has 0 N–H and O–H groups in total. The molecule has 0 aliphatic rings. The monoisotopic (exact) mass is 373 g/mol. The van der Waals surface area contributed by atoms with Crippen LogP contribution in [0, 0.1) is 0 Å². The number of nitrogens with zero attached hydrogens (tertiary/aromatic N) is 1. The molecular weight excluding hydrogens is 359 g/mol. The van der Waals surface area contributed by atoms with E-state index < -0.39 is 29.4 Å². The summed E-state index contributed by atoms with van der Waals surface area (Å²) in [4.78, 5) is 26.6. The van der Waals surface area contributed by atoms with Crippen LogP contribution in [0.25, 0.3) is 11.1 Å². The van der Waals surface area contributed by atoms with Crippen LogP contribution in [0.15, 0.2) is 65.2 Å². The minimum atomic E-state index is -5.07. The number of carbonyl (C=O) groups is 2. The Kier molecular flexibility index (Phi) is 5.21. The lowest BCUT2D eigenvalue weighted by Crippen LogP contribution is -2.22. The lowest BCUT2D eigenvalue weighted by Gasteiger charge is -2.04. The zero-order valence-corrected chi connectivity index (χ0v) is 14.0. The summed E-state index contributed by atoms with van der Waals surface area (Å²) in [6, 6.07) is 17.4. The summed E-state index contributed by atoms with van der Waals surface area (Å²) >= 11 is 0. The van der Waals surface area contributed by atoms with E-state index in [-0.39, 0.29) is 6.42 Å². The molecule has 3 aromatic rings. The summed E-state index contributed by atoms with van der Waals surface area (Å²) in [5.41, 5.74) is 3.00. The van der Waals surface area contributed by atoms with E-state index in [1.165, 1.54) is 0 Å². The predicted molar refractivity (Wildman–Crippen MR) is 91.4 cm³/mol. The van der Waals surface area contributed by atoms with E-state index in [1.807, 2.05) is 54.6 Å². The molecular formula is C20H14F3NO3. The van der Waals surface area contributed by atoms with Crippen LogP contribution >= 0.6 is 0 Å². The maximum absolute atomic E-state index is 12.3. The van der Waals surface area contributed by atoms with Gasteiger partial charge in [0.15, 0.2) is 0 Å². The summed E-state index contributed by atoms with van der Waals surface area (Å²) in [6.07, 6.45) is -4.07. The van der Waals surface area contributed by atoms with Gasteiger partial charge in [0.1, 0.15) is 0 Å². The van der Waals surface area contributed by atoms with Gasteiger partial charge in [0.2, 0.25) is 11.5 Å². The lowest BCUT2D eigenvalue weighted by molar-refractivity contribution is -0.0899. The van der Waals surface area contributed by atoms with E-state index in [0.717, 1.165) is 16.7 Å². The van der Waals surface area contributed by atoms with E-state index in [1.54, 1.807) is 0 Å². The van der Waals surface area contributed by atoms with Crippen LogP contribution in [0.5, 0.6) is 0 Å². The van der Waals surface area contributed by atoms with Gasteiger partial charge in [-0.25, -0.2) is 4.98 Å². The van der Waals surface area contributed by atoms with Gasteiger partial charge in [-0.3, -0.25) is 9.59 Å². The second kappa shape index (κ2) is 7.57. The number of hydrogen-bond acceptors (Lipinski definition) is 4. The Bertz CT molecular complexity index is 945. The molecule has 0 spiro atoms. The summed E-state index contributed by atoms with van der Waals surface area (Å²) in [7, 11) is 0. The SMILES string of the molecule is O=C(CCc1ccc(-c2ccccc2)cc1)c1ncc(C(=O)C(F)(F)F)o1. The van der Waals surface area contributed by atoms with Gasteiger partial charge in [-0.05, 0) is 23.1 Å². The van der Waals surface area contributed by atoms with Crippen molar-refractivity contribution in [3.63, 3.8) is 0 Å². The van der Waals surface area contributed by atoms with E-state index in [0.29, 0.717) is 12.6 Å². The van der Waals surface area contributed by atoms with E-state index in [9.17, 15) is 22.8 Å². The van der Waals surface area contributed by atoms with Crippen molar-refractivity contribution < 1.29 is 27.2 Å². The molecule has 0 aliphatic heterocycles. The van der Waals surface area contributed by atoms with Crippen molar-refractivity contribution in [2.75, 3.05) is 0 Å². The van der Waals surface area contributed by atoms with E-state index >= 15 is 0 Å². The molecule has 4 nitrogen and oxygen atoms in total. The van der Waals surface area contributed by atoms with Crippen molar-refractivity contribution in [3.8, 4) is 11.1 Å². The van der Waals surface area contributed by atoms with Crippen LogP contribution in [0.3, 0.4) is 0 Å². The van der Waals surface area contributed by atoms with Crippen LogP contribution < -0.4 is 0 Å². The standard InChI is InChI=1S/C20H14F3NO3/c21-20(22,23)18(26)17-12-24-19(27-17)16(25)11-8-13-6-9-15(10-7-13)14-4-2-1-3-5-14/h1-7,9-10,12H,8,11H2.